The molecule has 0 saturated heterocycles. The summed E-state index contributed by atoms with van der Waals surface area (Å²) in [6, 6.07) is 4.39. The standard InChI is InChI=1S/C13H11N5O5S/c1-24-13-15-9(5-11(20)16-13)12(21)17-14-6-7-4-8(18(22)23)2-3-10(7)19/h2-6,19H,1H3,(H,17,21)(H,15,16,20)/b14-6-. The van der Waals surface area contributed by atoms with Gasteiger partial charge in [0.05, 0.1) is 11.1 Å². The lowest BCUT2D eigenvalue weighted by Crippen LogP contribution is -2.22. The molecule has 24 heavy (non-hydrogen) atoms. The van der Waals surface area contributed by atoms with E-state index in [0.717, 1.165) is 42.2 Å². The molecule has 1 heterocycles. The number of nitrogens with one attached hydrogen (secondary N) is 2. The number of phenolic OH excluding ortho intramolecular Hbond substituents is 1. The molecule has 11 heteroatoms. The van der Waals surface area contributed by atoms with Crippen LogP contribution in [0.2, 0.25) is 0 Å². The number of phenols is 1. The van der Waals surface area contributed by atoms with Gasteiger partial charge in [0.15, 0.2) is 5.16 Å². The molecule has 2 rings (SSSR count). The maximum atomic E-state index is 11.9. The van der Waals surface area contributed by atoms with Gasteiger partial charge in [-0.1, -0.05) is 11.8 Å². The van der Waals surface area contributed by atoms with Crippen LogP contribution < -0.4 is 11.0 Å². The van der Waals surface area contributed by atoms with E-state index in [9.17, 15) is 24.8 Å². The number of amides is 1. The van der Waals surface area contributed by atoms with Gasteiger partial charge in [0.1, 0.15) is 11.4 Å². The van der Waals surface area contributed by atoms with E-state index >= 15 is 0 Å². The fraction of sp³-hybridized carbons (Fsp3) is 0.0769. The number of hydrogen-bond donors (Lipinski definition) is 3. The predicted octanol–water partition coefficient (Wildman–Crippen LogP) is 0.869. The molecule has 0 radical (unpaired) electrons. The van der Waals surface area contributed by atoms with E-state index in [1.165, 1.54) is 0 Å². The van der Waals surface area contributed by atoms with Crippen molar-refractivity contribution in [2.75, 3.05) is 6.26 Å². The van der Waals surface area contributed by atoms with Crippen molar-refractivity contribution in [2.45, 2.75) is 5.16 Å². The van der Waals surface area contributed by atoms with Crippen molar-refractivity contribution in [3.63, 3.8) is 0 Å². The summed E-state index contributed by atoms with van der Waals surface area (Å²) in [6.07, 6.45) is 2.73. The van der Waals surface area contributed by atoms with Gasteiger partial charge in [-0.25, -0.2) is 10.4 Å². The Labute approximate surface area is 138 Å². The molecule has 124 valence electrons. The van der Waals surface area contributed by atoms with Gasteiger partial charge in [-0.2, -0.15) is 5.10 Å². The smallest absolute Gasteiger partial charge is 0.290 e. The lowest BCUT2D eigenvalue weighted by Gasteiger charge is -2.01. The highest BCUT2D eigenvalue weighted by Gasteiger charge is 2.11. The van der Waals surface area contributed by atoms with Crippen molar-refractivity contribution in [1.29, 1.82) is 0 Å². The third-order valence-electron chi connectivity index (χ3n) is 2.74. The number of hydrazone groups is 1. The van der Waals surface area contributed by atoms with Crippen LogP contribution in [0.25, 0.3) is 0 Å². The first-order valence-electron chi connectivity index (χ1n) is 6.37. The molecule has 1 amide bonds. The zero-order valence-electron chi connectivity index (χ0n) is 12.2. The zero-order chi connectivity index (χ0) is 17.7. The molecule has 0 saturated carbocycles. The zero-order valence-corrected chi connectivity index (χ0v) is 13.0. The normalized spacial score (nSPS) is 10.7. The molecule has 0 aliphatic carbocycles. The van der Waals surface area contributed by atoms with E-state index in [0.29, 0.717) is 0 Å². The number of aromatic hydroxyl groups is 1. The number of H-pyrrole nitrogens is 1. The number of nitro benzene ring substituents is 1. The van der Waals surface area contributed by atoms with Crippen molar-refractivity contribution in [1.82, 2.24) is 15.4 Å². The Morgan fingerprint density at radius 2 is 2.25 bits per heavy atom. The summed E-state index contributed by atoms with van der Waals surface area (Å²) in [5, 5.41) is 24.2. The minimum absolute atomic E-state index is 0.0492. The monoisotopic (exact) mass is 349 g/mol. The van der Waals surface area contributed by atoms with Crippen molar-refractivity contribution in [2.24, 2.45) is 5.10 Å². The second-order valence-electron chi connectivity index (χ2n) is 4.34. The molecule has 0 spiro atoms. The topological polar surface area (TPSA) is 151 Å². The Kier molecular flexibility index (Phi) is 5.27. The highest BCUT2D eigenvalue weighted by Crippen LogP contribution is 2.21. The summed E-state index contributed by atoms with van der Waals surface area (Å²) < 4.78 is 0. The SMILES string of the molecule is CSc1nc(C(=O)N/N=C\c2cc([N+](=O)[O-])ccc2O)cc(=O)[nH]1. The first kappa shape index (κ1) is 17.1. The Morgan fingerprint density at radius 1 is 1.50 bits per heavy atom. The van der Waals surface area contributed by atoms with Crippen LogP contribution in [0.3, 0.4) is 0 Å². The van der Waals surface area contributed by atoms with Gasteiger partial charge in [-0.05, 0) is 12.3 Å². The number of carbonyl (C=O) groups excluding carboxylic acids is 1. The van der Waals surface area contributed by atoms with E-state index in [2.05, 4.69) is 20.5 Å². The van der Waals surface area contributed by atoms with Crippen molar-refractivity contribution in [3.05, 3.63) is 56.0 Å². The molecule has 3 N–H and O–H groups in total. The van der Waals surface area contributed by atoms with Crippen LogP contribution in [0, 0.1) is 10.1 Å². The molecular formula is C13H11N5O5S. The van der Waals surface area contributed by atoms with Gasteiger partial charge >= 0.3 is 0 Å². The van der Waals surface area contributed by atoms with Crippen LogP contribution in [0.5, 0.6) is 5.75 Å². The van der Waals surface area contributed by atoms with Crippen molar-refractivity contribution < 1.29 is 14.8 Å². The minimum Gasteiger partial charge on any atom is -0.507 e. The van der Waals surface area contributed by atoms with Gasteiger partial charge < -0.3 is 10.1 Å². The summed E-state index contributed by atoms with van der Waals surface area (Å²) in [5.74, 6) is -0.977. The second kappa shape index (κ2) is 7.37. The van der Waals surface area contributed by atoms with Crippen LogP contribution in [-0.2, 0) is 0 Å². The highest BCUT2D eigenvalue weighted by atomic mass is 32.2. The molecule has 0 aliphatic rings. The summed E-state index contributed by atoms with van der Waals surface area (Å²) in [7, 11) is 0. The van der Waals surface area contributed by atoms with Gasteiger partial charge in [-0.15, -0.1) is 0 Å². The van der Waals surface area contributed by atoms with Crippen molar-refractivity contribution in [3.8, 4) is 5.75 Å². The number of benzene rings is 1. The number of hydrogen-bond acceptors (Lipinski definition) is 8. The summed E-state index contributed by atoms with van der Waals surface area (Å²) >= 11 is 1.16. The molecule has 2 aromatic rings. The summed E-state index contributed by atoms with van der Waals surface area (Å²) in [6.45, 7) is 0. The highest BCUT2D eigenvalue weighted by molar-refractivity contribution is 7.98. The maximum absolute atomic E-state index is 11.9. The first-order chi connectivity index (χ1) is 11.4. The molecule has 0 aliphatic heterocycles. The number of nitrogens with zero attached hydrogens (tertiary/aromatic N) is 3. The number of rotatable bonds is 5. The largest absolute Gasteiger partial charge is 0.507 e. The quantitative estimate of drug-likeness (QED) is 0.238. The molecular weight excluding hydrogens is 338 g/mol. The number of aromatic amines is 1. The Bertz CT molecular complexity index is 879. The number of thioether (sulfide) groups is 1. The van der Waals surface area contributed by atoms with Gasteiger partial charge in [0.25, 0.3) is 17.2 Å². The van der Waals surface area contributed by atoms with Crippen LogP contribution >= 0.6 is 11.8 Å². The number of non-ortho nitro benzene ring substituents is 1. The van der Waals surface area contributed by atoms with E-state index in [1.807, 2.05) is 0 Å². The molecule has 1 aromatic carbocycles. The summed E-state index contributed by atoms with van der Waals surface area (Å²) in [4.78, 5) is 39.7. The van der Waals surface area contributed by atoms with Gasteiger partial charge in [0.2, 0.25) is 0 Å². The van der Waals surface area contributed by atoms with E-state index in [-0.39, 0.29) is 27.9 Å². The Balaban J connectivity index is 2.16. The molecule has 0 atom stereocenters. The molecule has 0 bridgehead atoms. The average Bonchev–Trinajstić information content (AvgIpc) is 2.55. The van der Waals surface area contributed by atoms with Crippen LogP contribution in [0.1, 0.15) is 16.1 Å². The van der Waals surface area contributed by atoms with E-state index in [4.69, 9.17) is 0 Å². The lowest BCUT2D eigenvalue weighted by atomic mass is 10.2. The van der Waals surface area contributed by atoms with E-state index < -0.39 is 16.4 Å². The maximum Gasteiger partial charge on any atom is 0.290 e. The van der Waals surface area contributed by atoms with Crippen LogP contribution in [0.15, 0.2) is 39.3 Å². The van der Waals surface area contributed by atoms with Crippen molar-refractivity contribution >= 4 is 29.6 Å². The molecule has 0 unspecified atom stereocenters. The third-order valence-corrected chi connectivity index (χ3v) is 3.32. The van der Waals surface area contributed by atoms with Gasteiger partial charge in [-0.3, -0.25) is 19.7 Å². The molecule has 1 aromatic heterocycles. The average molecular weight is 349 g/mol. The molecule has 10 nitrogen and oxygen atoms in total. The number of aromatic nitrogens is 2. The number of nitro groups is 1. The minimum atomic E-state index is -0.738. The Hall–Kier alpha value is -3.21. The molecule has 0 fully saturated rings. The second-order valence-corrected chi connectivity index (χ2v) is 5.13. The first-order valence-corrected chi connectivity index (χ1v) is 7.59. The predicted molar refractivity (Wildman–Crippen MR) is 86.5 cm³/mol. The Morgan fingerprint density at radius 3 is 2.92 bits per heavy atom. The number of carbonyl (C=O) groups is 1. The fourth-order valence-corrected chi connectivity index (χ4v) is 2.02. The lowest BCUT2D eigenvalue weighted by molar-refractivity contribution is -0.384. The van der Waals surface area contributed by atoms with Crippen LogP contribution in [-0.4, -0.2) is 38.4 Å². The fourth-order valence-electron chi connectivity index (χ4n) is 1.62. The third kappa shape index (κ3) is 4.16. The summed E-state index contributed by atoms with van der Waals surface area (Å²) in [5.41, 5.74) is 1.32. The van der Waals surface area contributed by atoms with Gasteiger partial charge in [0, 0.05) is 23.8 Å². The van der Waals surface area contributed by atoms with E-state index in [1.54, 1.807) is 6.26 Å². The van der Waals surface area contributed by atoms with Crippen LogP contribution in [0.4, 0.5) is 5.69 Å².